The molecule has 0 radical (unpaired) electrons. The van der Waals surface area contributed by atoms with E-state index >= 15 is 0 Å². The highest BCUT2D eigenvalue weighted by atomic mass is 35.5. The Labute approximate surface area is 289 Å². The van der Waals surface area contributed by atoms with Crippen molar-refractivity contribution < 1.29 is 0 Å². The van der Waals surface area contributed by atoms with Crippen LogP contribution in [0.1, 0.15) is 59.7 Å². The summed E-state index contributed by atoms with van der Waals surface area (Å²) in [7, 11) is -2.46. The maximum Gasteiger partial charge on any atom is 0.113 e. The predicted octanol–water partition coefficient (Wildman–Crippen LogP) is 13.7. The van der Waals surface area contributed by atoms with Crippen molar-refractivity contribution in [2.75, 3.05) is 0 Å². The van der Waals surface area contributed by atoms with Crippen LogP contribution < -0.4 is 0 Å². The summed E-state index contributed by atoms with van der Waals surface area (Å²) in [5, 5.41) is 7.76. The number of allylic oxidation sites excluding steroid dienone is 2. The van der Waals surface area contributed by atoms with Gasteiger partial charge < -0.3 is 0 Å². The maximum absolute atomic E-state index is 7.51. The highest BCUT2D eigenvalue weighted by molar-refractivity contribution is 7.09. The Morgan fingerprint density at radius 3 is 1.26 bits per heavy atom. The van der Waals surface area contributed by atoms with E-state index < -0.39 is 8.07 Å². The molecule has 0 bridgehead atoms. The Kier molecular flexibility index (Phi) is 7.56. The normalized spacial score (nSPS) is 17.6. The van der Waals surface area contributed by atoms with E-state index in [9.17, 15) is 0 Å². The van der Waals surface area contributed by atoms with E-state index in [1.165, 1.54) is 87.6 Å². The Balaban J connectivity index is 1.41. The molecule has 0 N–H and O–H groups in total. The molecule has 2 aliphatic carbocycles. The number of halogens is 2. The summed E-state index contributed by atoms with van der Waals surface area (Å²) in [6.45, 7) is 9.67. The van der Waals surface area contributed by atoms with Crippen LogP contribution in [0.15, 0.2) is 132 Å². The van der Waals surface area contributed by atoms with Crippen molar-refractivity contribution in [2.24, 2.45) is 0 Å². The molecule has 3 heteroatoms. The third-order valence-electron chi connectivity index (χ3n) is 10.7. The molecule has 0 aliphatic heterocycles. The Bertz CT molecular complexity index is 2120. The van der Waals surface area contributed by atoms with E-state index in [0.717, 1.165) is 12.8 Å². The minimum atomic E-state index is -2.46. The summed E-state index contributed by atoms with van der Waals surface area (Å²) >= 11 is 15.0. The van der Waals surface area contributed by atoms with Crippen molar-refractivity contribution in [3.8, 4) is 22.3 Å². The lowest BCUT2D eigenvalue weighted by Crippen LogP contribution is -2.32. The van der Waals surface area contributed by atoms with Crippen LogP contribution in [0.3, 0.4) is 0 Å². The van der Waals surface area contributed by atoms with Crippen LogP contribution in [0.25, 0.3) is 54.2 Å². The summed E-state index contributed by atoms with van der Waals surface area (Å²) < 4.78 is 0. The van der Waals surface area contributed by atoms with E-state index in [0.29, 0.717) is 0 Å². The zero-order valence-corrected chi connectivity index (χ0v) is 29.9. The van der Waals surface area contributed by atoms with Gasteiger partial charge in [-0.1, -0.05) is 148 Å². The molecule has 0 amide bonds. The van der Waals surface area contributed by atoms with Crippen LogP contribution in [-0.4, -0.2) is 8.07 Å². The van der Waals surface area contributed by atoms with Crippen molar-refractivity contribution in [1.82, 2.24) is 0 Å². The SMILES string of the molecule is CCC1=C([Si](C)(C)C2=C(CC)C(Cl)c3cccc(-c4cccc5ccccc45)c32)c2c(-c3cccc4ccccc34)cccc2C1Cl. The fourth-order valence-corrected chi connectivity index (χ4v) is 14.1. The molecular weight excluding hydrogens is 627 g/mol. The van der Waals surface area contributed by atoms with Gasteiger partial charge in [0.1, 0.15) is 8.07 Å². The third-order valence-corrected chi connectivity index (χ3v) is 15.3. The first-order chi connectivity index (χ1) is 22.9. The second-order valence-corrected chi connectivity index (χ2v) is 18.6. The van der Waals surface area contributed by atoms with Crippen LogP contribution in [0.5, 0.6) is 0 Å². The van der Waals surface area contributed by atoms with E-state index in [1.54, 1.807) is 0 Å². The molecule has 6 aromatic carbocycles. The van der Waals surface area contributed by atoms with Crippen LogP contribution in [0.4, 0.5) is 0 Å². The summed E-state index contributed by atoms with van der Waals surface area (Å²) in [6, 6.07) is 44.4. The van der Waals surface area contributed by atoms with Gasteiger partial charge in [0.2, 0.25) is 0 Å². The number of rotatable bonds is 6. The summed E-state index contributed by atoms with van der Waals surface area (Å²) in [5.74, 6) is 0. The number of fused-ring (bicyclic) bond motifs is 4. The highest BCUT2D eigenvalue weighted by Crippen LogP contribution is 2.59. The first kappa shape index (κ1) is 30.5. The topological polar surface area (TPSA) is 0 Å². The lowest BCUT2D eigenvalue weighted by Gasteiger charge is -2.33. The Hall–Kier alpha value is -3.88. The Morgan fingerprint density at radius 1 is 0.468 bits per heavy atom. The monoisotopic (exact) mass is 664 g/mol. The van der Waals surface area contributed by atoms with Gasteiger partial charge in [-0.2, -0.15) is 0 Å². The maximum atomic E-state index is 7.51. The molecule has 0 nitrogen and oxygen atoms in total. The average Bonchev–Trinajstić information content (AvgIpc) is 3.58. The molecule has 2 unspecified atom stereocenters. The van der Waals surface area contributed by atoms with Crippen LogP contribution >= 0.6 is 23.2 Å². The van der Waals surface area contributed by atoms with E-state index in [-0.39, 0.29) is 10.8 Å². The lowest BCUT2D eigenvalue weighted by molar-refractivity contribution is 1.01. The number of alkyl halides is 2. The van der Waals surface area contributed by atoms with Crippen LogP contribution in [0.2, 0.25) is 13.1 Å². The smallest absolute Gasteiger partial charge is 0.113 e. The van der Waals surface area contributed by atoms with Gasteiger partial charge in [-0.3, -0.25) is 0 Å². The highest BCUT2D eigenvalue weighted by Gasteiger charge is 2.47. The second kappa shape index (κ2) is 11.7. The Morgan fingerprint density at radius 2 is 0.830 bits per heavy atom. The summed E-state index contributed by atoms with van der Waals surface area (Å²) in [4.78, 5) is 0. The molecule has 2 aliphatic rings. The molecule has 0 saturated carbocycles. The molecule has 0 spiro atoms. The standard InChI is InChI=1S/C44H38Cl2Si/c1-5-29-41(45)37-25-13-23-35(33-21-11-17-27-15-7-9-19-31(27)33)39(37)43(29)47(3,4)44-30(6-2)42(46)38-26-14-24-36(40(38)44)34-22-12-18-28-16-8-10-20-32(28)34/h7-26,41-42H,5-6H2,1-4H3. The molecule has 0 fully saturated rings. The molecule has 0 heterocycles. The fourth-order valence-electron chi connectivity index (χ4n) is 8.70. The molecule has 0 aromatic heterocycles. The van der Waals surface area contributed by atoms with Gasteiger partial charge in [-0.25, -0.2) is 0 Å². The second-order valence-electron chi connectivity index (χ2n) is 13.5. The van der Waals surface area contributed by atoms with Crippen LogP contribution in [0, 0.1) is 0 Å². The van der Waals surface area contributed by atoms with Gasteiger partial charge in [-0.05, 0) is 100 Å². The number of benzene rings is 6. The van der Waals surface area contributed by atoms with Crippen molar-refractivity contribution in [1.29, 1.82) is 0 Å². The minimum Gasteiger partial charge on any atom is -0.113 e. The first-order valence-electron chi connectivity index (χ1n) is 16.8. The molecule has 0 saturated heterocycles. The van der Waals surface area contributed by atoms with Gasteiger partial charge >= 0.3 is 0 Å². The zero-order chi connectivity index (χ0) is 32.4. The molecule has 2 atom stereocenters. The van der Waals surface area contributed by atoms with Crippen molar-refractivity contribution in [3.05, 3.63) is 155 Å². The van der Waals surface area contributed by atoms with Gasteiger partial charge in [0.25, 0.3) is 0 Å². The summed E-state index contributed by atoms with van der Waals surface area (Å²) in [6.07, 6.45) is 1.83. The molecule has 232 valence electrons. The van der Waals surface area contributed by atoms with E-state index in [2.05, 4.69) is 148 Å². The van der Waals surface area contributed by atoms with Crippen molar-refractivity contribution in [3.63, 3.8) is 0 Å². The van der Waals surface area contributed by atoms with E-state index in [1.807, 2.05) is 0 Å². The molecule has 6 aromatic rings. The molecule has 8 rings (SSSR count). The first-order valence-corrected chi connectivity index (χ1v) is 20.7. The molecular formula is C44H38Cl2Si. The van der Waals surface area contributed by atoms with Gasteiger partial charge in [0.15, 0.2) is 0 Å². The van der Waals surface area contributed by atoms with Gasteiger partial charge in [0, 0.05) is 0 Å². The molecule has 47 heavy (non-hydrogen) atoms. The van der Waals surface area contributed by atoms with Crippen molar-refractivity contribution in [2.45, 2.75) is 50.5 Å². The zero-order valence-electron chi connectivity index (χ0n) is 27.4. The fraction of sp³-hybridized carbons (Fsp3) is 0.182. The number of hydrogen-bond acceptors (Lipinski definition) is 0. The van der Waals surface area contributed by atoms with Crippen molar-refractivity contribution >= 4 is 63.2 Å². The van der Waals surface area contributed by atoms with Gasteiger partial charge in [-0.15, -0.1) is 23.2 Å². The largest absolute Gasteiger partial charge is 0.113 e. The lowest BCUT2D eigenvalue weighted by atomic mass is 9.93. The average molecular weight is 666 g/mol. The predicted molar refractivity (Wildman–Crippen MR) is 208 cm³/mol. The third kappa shape index (κ3) is 4.55. The quantitative estimate of drug-likeness (QED) is 0.123. The van der Waals surface area contributed by atoms with Crippen LogP contribution in [-0.2, 0) is 0 Å². The van der Waals surface area contributed by atoms with Gasteiger partial charge in [0.05, 0.1) is 10.8 Å². The number of hydrogen-bond donors (Lipinski definition) is 0. The summed E-state index contributed by atoms with van der Waals surface area (Å²) in [5.41, 5.74) is 13.0. The van der Waals surface area contributed by atoms with E-state index in [4.69, 9.17) is 23.2 Å². The minimum absolute atomic E-state index is 0.140.